The monoisotopic (exact) mass is 713 g/mol. The Morgan fingerprint density at radius 2 is 0.875 bits per heavy atom. The molecule has 11 rings (SSSR count). The van der Waals surface area contributed by atoms with Crippen molar-refractivity contribution in [1.29, 1.82) is 0 Å². The van der Waals surface area contributed by atoms with Crippen molar-refractivity contribution in [2.45, 2.75) is 19.3 Å². The van der Waals surface area contributed by atoms with Gasteiger partial charge in [-0.3, -0.25) is 0 Å². The molecule has 1 aliphatic rings. The second kappa shape index (κ2) is 12.5. The van der Waals surface area contributed by atoms with Crippen molar-refractivity contribution >= 4 is 60.2 Å². The van der Waals surface area contributed by atoms with Crippen molar-refractivity contribution < 1.29 is 0 Å². The van der Waals surface area contributed by atoms with Crippen molar-refractivity contribution in [2.75, 3.05) is 4.90 Å². The molecule has 0 spiro atoms. The third kappa shape index (κ3) is 5.16. The summed E-state index contributed by atoms with van der Waals surface area (Å²) in [5.74, 6) is 0. The van der Waals surface area contributed by atoms with Crippen molar-refractivity contribution in [3.8, 4) is 33.4 Å². The lowest BCUT2D eigenvalue weighted by Gasteiger charge is -2.28. The summed E-state index contributed by atoms with van der Waals surface area (Å²) in [5.41, 5.74) is 13.5. The highest BCUT2D eigenvalue weighted by Crippen LogP contribution is 2.51. The zero-order chi connectivity index (χ0) is 37.4. The van der Waals surface area contributed by atoms with E-state index in [4.69, 9.17) is 0 Å². The molecule has 0 aliphatic heterocycles. The number of hydrogen-bond acceptors (Lipinski definition) is 1. The molecule has 0 bridgehead atoms. The second-order valence-corrected chi connectivity index (χ2v) is 15.8. The maximum atomic E-state index is 2.42. The van der Waals surface area contributed by atoms with Crippen LogP contribution in [0.15, 0.2) is 200 Å². The van der Waals surface area contributed by atoms with E-state index >= 15 is 0 Å². The fraction of sp³-hybridized carbons (Fsp3) is 0.0545. The first-order valence-corrected chi connectivity index (χ1v) is 19.6. The van der Waals surface area contributed by atoms with Crippen LogP contribution in [0.2, 0.25) is 0 Å². The van der Waals surface area contributed by atoms with Crippen molar-refractivity contribution in [2.24, 2.45) is 0 Å². The van der Waals surface area contributed by atoms with Gasteiger partial charge in [-0.2, -0.15) is 0 Å². The van der Waals surface area contributed by atoms with Gasteiger partial charge in [-0.15, -0.1) is 0 Å². The molecule has 0 amide bonds. The smallest absolute Gasteiger partial charge is 0.0468 e. The van der Waals surface area contributed by atoms with Crippen molar-refractivity contribution in [1.82, 2.24) is 0 Å². The highest BCUT2D eigenvalue weighted by Gasteiger charge is 2.35. The van der Waals surface area contributed by atoms with E-state index < -0.39 is 0 Å². The molecule has 0 unspecified atom stereocenters. The van der Waals surface area contributed by atoms with Crippen LogP contribution in [0.25, 0.3) is 76.5 Å². The molecule has 1 heteroatoms. The lowest BCUT2D eigenvalue weighted by Crippen LogP contribution is -2.15. The Bertz CT molecular complexity index is 3170. The maximum absolute atomic E-state index is 2.42. The Morgan fingerprint density at radius 1 is 0.304 bits per heavy atom. The molecule has 1 nitrogen and oxygen atoms in total. The standard InChI is InChI=1S/C55H39N/c1-55(2)53-17-8-7-16-50(53)52-35-46(28-31-54(52)55)56(45-14-9-13-41(33-45)42-20-18-36-10-3-4-12-40(36)32-42)44-26-22-37(23-27-44)43-21-19-39-25-29-48-47-15-6-5-11-38(47)24-30-49(48)51(39)34-43/h3-35H,1-2H3. The van der Waals surface area contributed by atoms with Gasteiger partial charge in [-0.25, -0.2) is 0 Å². The van der Waals surface area contributed by atoms with Gasteiger partial charge in [-0.05, 0) is 136 Å². The molecule has 56 heavy (non-hydrogen) atoms. The van der Waals surface area contributed by atoms with E-state index in [1.54, 1.807) is 0 Å². The van der Waals surface area contributed by atoms with E-state index in [2.05, 4.69) is 219 Å². The van der Waals surface area contributed by atoms with Gasteiger partial charge in [0.2, 0.25) is 0 Å². The van der Waals surface area contributed by atoms with Gasteiger partial charge >= 0.3 is 0 Å². The summed E-state index contributed by atoms with van der Waals surface area (Å²) in [4.78, 5) is 2.42. The van der Waals surface area contributed by atoms with Crippen LogP contribution in [0.4, 0.5) is 17.1 Å². The number of benzene rings is 10. The Hall–Kier alpha value is -6.96. The van der Waals surface area contributed by atoms with Crippen molar-refractivity contribution in [3.63, 3.8) is 0 Å². The fourth-order valence-corrected chi connectivity index (χ4v) is 9.29. The summed E-state index contributed by atoms with van der Waals surface area (Å²) < 4.78 is 0. The van der Waals surface area contributed by atoms with Crippen LogP contribution in [0.1, 0.15) is 25.0 Å². The first-order chi connectivity index (χ1) is 27.5. The fourth-order valence-electron chi connectivity index (χ4n) is 9.29. The minimum absolute atomic E-state index is 0.0504. The molecule has 0 aromatic heterocycles. The molecule has 0 N–H and O–H groups in total. The predicted octanol–water partition coefficient (Wildman–Crippen LogP) is 15.4. The van der Waals surface area contributed by atoms with Gasteiger partial charge in [-0.1, -0.05) is 166 Å². The lowest BCUT2D eigenvalue weighted by molar-refractivity contribution is 0.660. The van der Waals surface area contributed by atoms with Gasteiger partial charge in [0.15, 0.2) is 0 Å². The summed E-state index contributed by atoms with van der Waals surface area (Å²) in [6, 6.07) is 74.1. The predicted molar refractivity (Wildman–Crippen MR) is 240 cm³/mol. The average Bonchev–Trinajstić information content (AvgIpc) is 3.48. The summed E-state index contributed by atoms with van der Waals surface area (Å²) in [5, 5.41) is 10.2. The van der Waals surface area contributed by atoms with Crippen molar-refractivity contribution in [3.05, 3.63) is 211 Å². The first-order valence-electron chi connectivity index (χ1n) is 19.6. The van der Waals surface area contributed by atoms with Crippen LogP contribution in [-0.4, -0.2) is 0 Å². The molecule has 10 aromatic carbocycles. The molecule has 0 heterocycles. The van der Waals surface area contributed by atoms with E-state index in [0.29, 0.717) is 0 Å². The normalized spacial score (nSPS) is 13.0. The molecule has 0 saturated carbocycles. The molecule has 0 saturated heterocycles. The molecule has 0 atom stereocenters. The zero-order valence-electron chi connectivity index (χ0n) is 31.5. The zero-order valence-corrected chi connectivity index (χ0v) is 31.5. The quantitative estimate of drug-likeness (QED) is 0.161. The first kappa shape index (κ1) is 32.5. The van der Waals surface area contributed by atoms with Crippen LogP contribution in [0, 0.1) is 0 Å². The lowest BCUT2D eigenvalue weighted by atomic mass is 9.82. The SMILES string of the molecule is CC1(C)c2ccccc2-c2cc(N(c3ccc(-c4ccc5ccc6c7ccccc7ccc6c5c4)cc3)c3cccc(-c4ccc5ccccc5c4)c3)ccc21. The minimum atomic E-state index is -0.0504. The number of fused-ring (bicyclic) bond motifs is 9. The largest absolute Gasteiger partial charge is 0.310 e. The topological polar surface area (TPSA) is 3.24 Å². The van der Waals surface area contributed by atoms with E-state index in [-0.39, 0.29) is 5.41 Å². The van der Waals surface area contributed by atoms with Gasteiger partial charge in [0.05, 0.1) is 0 Å². The number of anilines is 3. The molecular formula is C55H39N. The molecule has 264 valence electrons. The molecule has 1 aliphatic carbocycles. The van der Waals surface area contributed by atoms with Gasteiger partial charge in [0, 0.05) is 22.5 Å². The van der Waals surface area contributed by atoms with Gasteiger partial charge in [0.25, 0.3) is 0 Å². The highest BCUT2D eigenvalue weighted by molar-refractivity contribution is 6.17. The number of rotatable bonds is 5. The van der Waals surface area contributed by atoms with E-state index in [1.165, 1.54) is 87.6 Å². The summed E-state index contributed by atoms with van der Waals surface area (Å²) in [7, 11) is 0. The second-order valence-electron chi connectivity index (χ2n) is 15.8. The summed E-state index contributed by atoms with van der Waals surface area (Å²) in [6.07, 6.45) is 0. The Morgan fingerprint density at radius 3 is 1.71 bits per heavy atom. The molecule has 10 aromatic rings. The minimum Gasteiger partial charge on any atom is -0.310 e. The highest BCUT2D eigenvalue weighted by atomic mass is 15.1. The van der Waals surface area contributed by atoms with Crippen LogP contribution in [-0.2, 0) is 5.41 Å². The van der Waals surface area contributed by atoms with E-state index in [1.807, 2.05) is 0 Å². The third-order valence-corrected chi connectivity index (χ3v) is 12.2. The van der Waals surface area contributed by atoms with Gasteiger partial charge < -0.3 is 4.90 Å². The Kier molecular flexibility index (Phi) is 7.28. The Balaban J connectivity index is 1.04. The van der Waals surface area contributed by atoms with Crippen LogP contribution < -0.4 is 4.90 Å². The third-order valence-electron chi connectivity index (χ3n) is 12.2. The molecule has 0 fully saturated rings. The van der Waals surface area contributed by atoms with Crippen LogP contribution in [0.3, 0.4) is 0 Å². The average molecular weight is 714 g/mol. The Labute approximate surface area is 327 Å². The summed E-state index contributed by atoms with van der Waals surface area (Å²) in [6.45, 7) is 4.69. The van der Waals surface area contributed by atoms with E-state index in [9.17, 15) is 0 Å². The summed E-state index contributed by atoms with van der Waals surface area (Å²) >= 11 is 0. The van der Waals surface area contributed by atoms with E-state index in [0.717, 1.165) is 17.1 Å². The number of hydrogen-bond donors (Lipinski definition) is 0. The van der Waals surface area contributed by atoms with Crippen LogP contribution >= 0.6 is 0 Å². The molecular weight excluding hydrogens is 675 g/mol. The van der Waals surface area contributed by atoms with Gasteiger partial charge in [0.1, 0.15) is 0 Å². The van der Waals surface area contributed by atoms with Crippen LogP contribution in [0.5, 0.6) is 0 Å². The maximum Gasteiger partial charge on any atom is 0.0468 e. The molecule has 0 radical (unpaired) electrons. The number of nitrogens with zero attached hydrogens (tertiary/aromatic N) is 1.